The zero-order valence-electron chi connectivity index (χ0n) is 24.9. The van der Waals surface area contributed by atoms with Gasteiger partial charge >= 0.3 is 6.18 Å². The molecule has 0 saturated carbocycles. The number of methoxy groups -OCH3 is 1. The van der Waals surface area contributed by atoms with Crippen LogP contribution in [0.3, 0.4) is 0 Å². The van der Waals surface area contributed by atoms with Crippen molar-refractivity contribution in [2.45, 2.75) is 50.5 Å². The molecule has 3 N–H and O–H groups in total. The van der Waals surface area contributed by atoms with Crippen molar-refractivity contribution in [3.8, 4) is 5.75 Å². The summed E-state index contributed by atoms with van der Waals surface area (Å²) in [5.74, 6) is -1.03. The van der Waals surface area contributed by atoms with Crippen molar-refractivity contribution in [3.63, 3.8) is 0 Å². The summed E-state index contributed by atoms with van der Waals surface area (Å²) in [6.45, 7) is 2.34. The number of piperidine rings is 2. The van der Waals surface area contributed by atoms with Crippen LogP contribution in [0, 0.1) is 0 Å². The molecule has 3 amide bonds. The van der Waals surface area contributed by atoms with Crippen LogP contribution < -0.4 is 20.7 Å². The van der Waals surface area contributed by atoms with Gasteiger partial charge in [0.15, 0.2) is 0 Å². The minimum Gasteiger partial charge on any atom is -0.494 e. The van der Waals surface area contributed by atoms with Crippen molar-refractivity contribution >= 4 is 40.0 Å². The second-order valence-electron chi connectivity index (χ2n) is 11.4. The van der Waals surface area contributed by atoms with E-state index in [4.69, 9.17) is 9.84 Å². The van der Waals surface area contributed by atoms with Gasteiger partial charge in [0.05, 0.1) is 24.4 Å². The standard InChI is InChI=1S/C32H32F3N7O4/c1-46-27-16-25-20(15-26(27)38-30(44)23-7-4-8-28(37-23)32(33,34)35)18-42(40-25)21-11-13-41(14-12-21)17-19-5-2-3-6-22(19)36-24-9-10-29(43)39-31(24)45/h2-8,15-16,18,21,24,36H,9-14,17H2,1H3,(H,38,44)(H,39,43,45). The SMILES string of the molecule is COc1cc2nn(C3CCN(Cc4ccccc4NC4CCC(=O)NC4=O)CC3)cc2cc1NC(=O)c1cccc(C(F)(F)F)n1. The first-order chi connectivity index (χ1) is 22.1. The minimum absolute atomic E-state index is 0.138. The van der Waals surface area contributed by atoms with E-state index < -0.39 is 23.8 Å². The Morgan fingerprint density at radius 3 is 2.57 bits per heavy atom. The lowest BCUT2D eigenvalue weighted by molar-refractivity contribution is -0.141. The summed E-state index contributed by atoms with van der Waals surface area (Å²) < 4.78 is 46.6. The number of carbonyl (C=O) groups excluding carboxylic acids is 3. The van der Waals surface area contributed by atoms with Gasteiger partial charge in [0.1, 0.15) is 23.2 Å². The highest BCUT2D eigenvalue weighted by atomic mass is 19.4. The molecular formula is C32H32F3N7O4. The zero-order chi connectivity index (χ0) is 32.4. The van der Waals surface area contributed by atoms with Crippen LogP contribution >= 0.6 is 0 Å². The number of hydrogen-bond donors (Lipinski definition) is 3. The molecule has 0 aliphatic carbocycles. The largest absolute Gasteiger partial charge is 0.494 e. The summed E-state index contributed by atoms with van der Waals surface area (Å²) in [6.07, 6.45) is -0.322. The lowest BCUT2D eigenvalue weighted by atomic mass is 10.0. The number of nitrogens with one attached hydrogen (secondary N) is 3. The molecule has 46 heavy (non-hydrogen) atoms. The molecule has 4 aromatic rings. The molecule has 0 radical (unpaired) electrons. The number of para-hydroxylation sites is 1. The van der Waals surface area contributed by atoms with Gasteiger partial charge in [-0.1, -0.05) is 24.3 Å². The van der Waals surface area contributed by atoms with E-state index >= 15 is 0 Å². The molecule has 2 aromatic carbocycles. The van der Waals surface area contributed by atoms with Gasteiger partial charge in [0, 0.05) is 49.4 Å². The number of carbonyl (C=O) groups is 3. The Balaban J connectivity index is 1.11. The Kier molecular flexibility index (Phi) is 8.63. The van der Waals surface area contributed by atoms with E-state index in [1.807, 2.05) is 35.1 Å². The van der Waals surface area contributed by atoms with Gasteiger partial charge in [0.25, 0.3) is 5.91 Å². The van der Waals surface area contributed by atoms with E-state index in [9.17, 15) is 27.6 Å². The first kappa shape index (κ1) is 31.0. The van der Waals surface area contributed by atoms with Crippen LogP contribution in [0.2, 0.25) is 0 Å². The Labute approximate surface area is 262 Å². The molecular weight excluding hydrogens is 603 g/mol. The number of pyridine rings is 1. The van der Waals surface area contributed by atoms with Crippen LogP contribution in [0.5, 0.6) is 5.75 Å². The highest BCUT2D eigenvalue weighted by Gasteiger charge is 2.33. The minimum atomic E-state index is -4.67. The maximum Gasteiger partial charge on any atom is 0.433 e. The summed E-state index contributed by atoms with van der Waals surface area (Å²) in [5, 5.41) is 13.8. The number of halogens is 3. The molecule has 14 heteroatoms. The van der Waals surface area contributed by atoms with Crippen molar-refractivity contribution in [2.75, 3.05) is 30.8 Å². The van der Waals surface area contributed by atoms with E-state index in [2.05, 4.69) is 25.8 Å². The van der Waals surface area contributed by atoms with Gasteiger partial charge < -0.3 is 15.4 Å². The summed E-state index contributed by atoms with van der Waals surface area (Å²) in [7, 11) is 1.44. The van der Waals surface area contributed by atoms with Crippen LogP contribution in [-0.2, 0) is 22.3 Å². The topological polar surface area (TPSA) is 130 Å². The van der Waals surface area contributed by atoms with Gasteiger partial charge in [-0.05, 0) is 49.1 Å². The Morgan fingerprint density at radius 1 is 1.04 bits per heavy atom. The third-order valence-electron chi connectivity index (χ3n) is 8.28. The number of hydrogen-bond acceptors (Lipinski definition) is 8. The van der Waals surface area contributed by atoms with Crippen LogP contribution in [0.4, 0.5) is 24.5 Å². The molecule has 1 unspecified atom stereocenters. The molecule has 6 rings (SSSR count). The number of aromatic nitrogens is 3. The summed E-state index contributed by atoms with van der Waals surface area (Å²) in [5.41, 5.74) is 1.37. The first-order valence-electron chi connectivity index (χ1n) is 14.9. The molecule has 11 nitrogen and oxygen atoms in total. The number of amides is 3. The van der Waals surface area contributed by atoms with Crippen LogP contribution in [-0.4, -0.2) is 63.6 Å². The van der Waals surface area contributed by atoms with Crippen LogP contribution in [0.25, 0.3) is 10.9 Å². The number of ether oxygens (including phenoxy) is 1. The molecule has 2 aromatic heterocycles. The number of benzene rings is 2. The fourth-order valence-electron chi connectivity index (χ4n) is 5.83. The van der Waals surface area contributed by atoms with E-state index in [1.54, 1.807) is 12.1 Å². The van der Waals surface area contributed by atoms with E-state index in [0.29, 0.717) is 30.7 Å². The van der Waals surface area contributed by atoms with Crippen LogP contribution in [0.1, 0.15) is 53.5 Å². The number of anilines is 2. The summed E-state index contributed by atoms with van der Waals surface area (Å²) in [4.78, 5) is 42.4. The number of fused-ring (bicyclic) bond motifs is 1. The third-order valence-corrected chi connectivity index (χ3v) is 8.28. The predicted octanol–water partition coefficient (Wildman–Crippen LogP) is 4.77. The molecule has 2 saturated heterocycles. The summed E-state index contributed by atoms with van der Waals surface area (Å²) >= 11 is 0. The van der Waals surface area contributed by atoms with Gasteiger partial charge in [-0.25, -0.2) is 4.98 Å². The molecule has 1 atom stereocenters. The van der Waals surface area contributed by atoms with E-state index in [-0.39, 0.29) is 29.2 Å². The number of rotatable bonds is 8. The first-order valence-corrected chi connectivity index (χ1v) is 14.9. The molecule has 4 heterocycles. The highest BCUT2D eigenvalue weighted by Crippen LogP contribution is 2.33. The van der Waals surface area contributed by atoms with Crippen molar-refractivity contribution < 1.29 is 32.3 Å². The Morgan fingerprint density at radius 2 is 1.83 bits per heavy atom. The van der Waals surface area contributed by atoms with Crippen molar-refractivity contribution in [3.05, 3.63) is 77.7 Å². The lowest BCUT2D eigenvalue weighted by Gasteiger charge is -2.33. The fraction of sp³-hybridized carbons (Fsp3) is 0.344. The number of nitrogens with zero attached hydrogens (tertiary/aromatic N) is 4. The zero-order valence-corrected chi connectivity index (χ0v) is 24.9. The lowest BCUT2D eigenvalue weighted by Crippen LogP contribution is -2.47. The second-order valence-corrected chi connectivity index (χ2v) is 11.4. The molecule has 2 aliphatic heterocycles. The Hall–Kier alpha value is -4.98. The average Bonchev–Trinajstić information content (AvgIpc) is 3.45. The van der Waals surface area contributed by atoms with Gasteiger partial charge in [-0.3, -0.25) is 29.3 Å². The number of alkyl halides is 3. The monoisotopic (exact) mass is 635 g/mol. The smallest absolute Gasteiger partial charge is 0.433 e. The predicted molar refractivity (Wildman–Crippen MR) is 163 cm³/mol. The van der Waals surface area contributed by atoms with Gasteiger partial charge in [-0.2, -0.15) is 18.3 Å². The molecule has 2 aliphatic rings. The van der Waals surface area contributed by atoms with Gasteiger partial charge in [-0.15, -0.1) is 0 Å². The fourth-order valence-corrected chi connectivity index (χ4v) is 5.83. The number of likely N-dealkylation sites (tertiary alicyclic amines) is 1. The van der Waals surface area contributed by atoms with E-state index in [1.165, 1.54) is 13.2 Å². The van der Waals surface area contributed by atoms with Crippen molar-refractivity contribution in [2.24, 2.45) is 0 Å². The van der Waals surface area contributed by atoms with Crippen molar-refractivity contribution in [1.82, 2.24) is 25.0 Å². The summed E-state index contributed by atoms with van der Waals surface area (Å²) in [6, 6.07) is 14.1. The molecule has 0 bridgehead atoms. The molecule has 0 spiro atoms. The number of imide groups is 1. The quantitative estimate of drug-likeness (QED) is 0.236. The van der Waals surface area contributed by atoms with Crippen LogP contribution in [0.15, 0.2) is 60.8 Å². The van der Waals surface area contributed by atoms with Crippen molar-refractivity contribution in [1.29, 1.82) is 0 Å². The Bertz CT molecular complexity index is 1780. The maximum absolute atomic E-state index is 13.1. The van der Waals surface area contributed by atoms with Gasteiger partial charge in [0.2, 0.25) is 11.8 Å². The highest BCUT2D eigenvalue weighted by molar-refractivity contribution is 6.05. The molecule has 240 valence electrons. The average molecular weight is 636 g/mol. The normalized spacial score (nSPS) is 18.0. The maximum atomic E-state index is 13.1. The molecule has 2 fully saturated rings. The second kappa shape index (κ2) is 12.8. The third kappa shape index (κ3) is 6.81. The van der Waals surface area contributed by atoms with E-state index in [0.717, 1.165) is 54.7 Å².